The van der Waals surface area contributed by atoms with E-state index in [2.05, 4.69) is 5.32 Å². The fourth-order valence-corrected chi connectivity index (χ4v) is 3.63. The molecule has 0 radical (unpaired) electrons. The molecule has 1 aliphatic rings. The summed E-state index contributed by atoms with van der Waals surface area (Å²) in [6, 6.07) is 3.47. The van der Waals surface area contributed by atoms with Gasteiger partial charge >= 0.3 is 0 Å². The van der Waals surface area contributed by atoms with E-state index in [1.165, 1.54) is 12.1 Å². The molecular formula is C15H24ClN5O5S. The van der Waals surface area contributed by atoms with Crippen molar-refractivity contribution in [2.24, 2.45) is 16.8 Å². The standard InChI is InChI=1S/C15H23N5O5S.ClH/c1-10-6-11(8-16)9-19(10)15(21)4-5-18-13-3-2-12(26(17,24)25)7-14(13)20(22)23;/h2-3,7,10-11,18H,4-6,8-9,16H2,1H3,(H2,17,24,25);1H. The lowest BCUT2D eigenvalue weighted by Crippen LogP contribution is -2.35. The summed E-state index contributed by atoms with van der Waals surface area (Å²) in [4.78, 5) is 24.2. The van der Waals surface area contributed by atoms with Crippen molar-refractivity contribution in [3.05, 3.63) is 28.3 Å². The Morgan fingerprint density at radius 3 is 2.63 bits per heavy atom. The largest absolute Gasteiger partial charge is 0.379 e. The van der Waals surface area contributed by atoms with Crippen LogP contribution in [0.1, 0.15) is 19.8 Å². The number of likely N-dealkylation sites (tertiary alicyclic amines) is 1. The first kappa shape index (κ1) is 23.1. The molecule has 0 bridgehead atoms. The number of nitrogens with two attached hydrogens (primary N) is 2. The summed E-state index contributed by atoms with van der Waals surface area (Å²) >= 11 is 0. The third-order valence-corrected chi connectivity index (χ3v) is 5.37. The van der Waals surface area contributed by atoms with Crippen LogP contribution in [0.5, 0.6) is 0 Å². The van der Waals surface area contributed by atoms with Crippen LogP contribution in [0, 0.1) is 16.0 Å². The van der Waals surface area contributed by atoms with E-state index in [4.69, 9.17) is 10.9 Å². The van der Waals surface area contributed by atoms with Gasteiger partial charge in [-0.3, -0.25) is 14.9 Å². The maximum atomic E-state index is 12.3. The van der Waals surface area contributed by atoms with Crippen LogP contribution in [0.15, 0.2) is 23.1 Å². The number of nitrogens with one attached hydrogen (secondary N) is 1. The zero-order chi connectivity index (χ0) is 19.5. The maximum absolute atomic E-state index is 12.3. The van der Waals surface area contributed by atoms with Crippen LogP contribution < -0.4 is 16.2 Å². The third-order valence-electron chi connectivity index (χ3n) is 4.46. The van der Waals surface area contributed by atoms with E-state index in [1.807, 2.05) is 6.92 Å². The van der Waals surface area contributed by atoms with Gasteiger partial charge in [-0.15, -0.1) is 12.4 Å². The lowest BCUT2D eigenvalue weighted by atomic mass is 10.1. The number of rotatable bonds is 7. The van der Waals surface area contributed by atoms with Crippen LogP contribution in [0.2, 0.25) is 0 Å². The molecule has 152 valence electrons. The highest BCUT2D eigenvalue weighted by molar-refractivity contribution is 7.89. The van der Waals surface area contributed by atoms with Gasteiger partial charge in [0.15, 0.2) is 0 Å². The summed E-state index contributed by atoms with van der Waals surface area (Å²) in [5.74, 6) is 0.249. The molecule has 2 atom stereocenters. The molecule has 10 nitrogen and oxygen atoms in total. The van der Waals surface area contributed by atoms with Crippen molar-refractivity contribution in [1.82, 2.24) is 4.90 Å². The molecule has 5 N–H and O–H groups in total. The number of halogens is 1. The number of nitro benzene ring substituents is 1. The van der Waals surface area contributed by atoms with Crippen LogP contribution in [-0.4, -0.2) is 49.8 Å². The van der Waals surface area contributed by atoms with Gasteiger partial charge in [0.2, 0.25) is 15.9 Å². The topological polar surface area (TPSA) is 162 Å². The van der Waals surface area contributed by atoms with Gasteiger partial charge in [0.25, 0.3) is 5.69 Å². The van der Waals surface area contributed by atoms with Crippen molar-refractivity contribution >= 4 is 39.7 Å². The third kappa shape index (κ3) is 5.76. The van der Waals surface area contributed by atoms with Crippen molar-refractivity contribution in [3.63, 3.8) is 0 Å². The van der Waals surface area contributed by atoms with E-state index in [0.717, 1.165) is 12.5 Å². The fourth-order valence-electron chi connectivity index (χ4n) is 3.10. The number of nitro groups is 1. The van der Waals surface area contributed by atoms with Gasteiger partial charge < -0.3 is 16.0 Å². The number of benzene rings is 1. The van der Waals surface area contributed by atoms with Gasteiger partial charge in [0, 0.05) is 31.6 Å². The predicted molar refractivity (Wildman–Crippen MR) is 103 cm³/mol. The number of nitrogens with zero attached hydrogens (tertiary/aromatic N) is 2. The highest BCUT2D eigenvalue weighted by Crippen LogP contribution is 2.27. The number of primary sulfonamides is 1. The molecule has 0 aromatic heterocycles. The van der Waals surface area contributed by atoms with E-state index in [-0.39, 0.29) is 47.9 Å². The molecule has 1 saturated heterocycles. The Balaban J connectivity index is 0.00000364. The molecule has 2 rings (SSSR count). The lowest BCUT2D eigenvalue weighted by Gasteiger charge is -2.21. The monoisotopic (exact) mass is 421 g/mol. The van der Waals surface area contributed by atoms with E-state index >= 15 is 0 Å². The van der Waals surface area contributed by atoms with E-state index < -0.39 is 20.6 Å². The maximum Gasteiger partial charge on any atom is 0.293 e. The highest BCUT2D eigenvalue weighted by atomic mass is 35.5. The van der Waals surface area contributed by atoms with Crippen LogP contribution in [-0.2, 0) is 14.8 Å². The first-order valence-electron chi connectivity index (χ1n) is 8.18. The minimum Gasteiger partial charge on any atom is -0.379 e. The second-order valence-electron chi connectivity index (χ2n) is 6.39. The summed E-state index contributed by atoms with van der Waals surface area (Å²) in [6.45, 7) is 3.32. The van der Waals surface area contributed by atoms with Gasteiger partial charge in [-0.05, 0) is 37.9 Å². The van der Waals surface area contributed by atoms with Crippen LogP contribution >= 0.6 is 12.4 Å². The number of sulfonamides is 1. The Morgan fingerprint density at radius 2 is 2.11 bits per heavy atom. The molecule has 0 spiro atoms. The van der Waals surface area contributed by atoms with Crippen molar-refractivity contribution in [2.75, 3.05) is 25.0 Å². The Labute approximate surface area is 163 Å². The number of hydrogen-bond donors (Lipinski definition) is 3. The summed E-state index contributed by atoms with van der Waals surface area (Å²) < 4.78 is 22.7. The molecule has 1 fully saturated rings. The van der Waals surface area contributed by atoms with Gasteiger partial charge in [-0.1, -0.05) is 0 Å². The van der Waals surface area contributed by atoms with Crippen molar-refractivity contribution in [3.8, 4) is 0 Å². The molecule has 1 aromatic rings. The first-order chi connectivity index (χ1) is 12.1. The number of anilines is 1. The lowest BCUT2D eigenvalue weighted by molar-refractivity contribution is -0.384. The van der Waals surface area contributed by atoms with Gasteiger partial charge in [-0.25, -0.2) is 13.6 Å². The summed E-state index contributed by atoms with van der Waals surface area (Å²) in [5.41, 5.74) is 5.37. The fraction of sp³-hybridized carbons (Fsp3) is 0.533. The zero-order valence-corrected chi connectivity index (χ0v) is 16.5. The number of carbonyl (C=O) groups is 1. The molecule has 2 unspecified atom stereocenters. The molecule has 1 aromatic carbocycles. The van der Waals surface area contributed by atoms with E-state index in [0.29, 0.717) is 19.0 Å². The van der Waals surface area contributed by atoms with Crippen molar-refractivity contribution in [1.29, 1.82) is 0 Å². The van der Waals surface area contributed by atoms with Crippen LogP contribution in [0.4, 0.5) is 11.4 Å². The molecule has 0 aliphatic carbocycles. The van der Waals surface area contributed by atoms with Crippen LogP contribution in [0.3, 0.4) is 0 Å². The minimum absolute atomic E-state index is 0. The van der Waals surface area contributed by atoms with Crippen LogP contribution in [0.25, 0.3) is 0 Å². The van der Waals surface area contributed by atoms with Gasteiger partial charge in [-0.2, -0.15) is 0 Å². The number of carbonyl (C=O) groups excluding carboxylic acids is 1. The van der Waals surface area contributed by atoms with Crippen molar-refractivity contribution < 1.29 is 18.1 Å². The Kier molecular flexibility index (Phi) is 7.96. The first-order valence-corrected chi connectivity index (χ1v) is 9.72. The predicted octanol–water partition coefficient (Wildman–Crippen LogP) is 0.662. The van der Waals surface area contributed by atoms with Gasteiger partial charge in [0.1, 0.15) is 5.69 Å². The van der Waals surface area contributed by atoms with E-state index in [1.54, 1.807) is 4.90 Å². The molecule has 1 aliphatic heterocycles. The van der Waals surface area contributed by atoms with Gasteiger partial charge in [0.05, 0.1) is 9.82 Å². The zero-order valence-electron chi connectivity index (χ0n) is 14.8. The minimum atomic E-state index is -4.04. The summed E-state index contributed by atoms with van der Waals surface area (Å²) in [5, 5.41) is 19.0. The molecule has 12 heteroatoms. The Hall–Kier alpha value is -1.95. The Morgan fingerprint density at radius 1 is 1.44 bits per heavy atom. The Bertz CT molecular complexity index is 804. The van der Waals surface area contributed by atoms with E-state index in [9.17, 15) is 23.3 Å². The number of hydrogen-bond acceptors (Lipinski definition) is 7. The molecule has 1 amide bonds. The summed E-state index contributed by atoms with van der Waals surface area (Å²) in [6.07, 6.45) is 1.03. The summed E-state index contributed by atoms with van der Waals surface area (Å²) in [7, 11) is -4.04. The molecule has 0 saturated carbocycles. The SMILES string of the molecule is CC1CC(CN)CN1C(=O)CCNc1ccc(S(N)(=O)=O)cc1[N+](=O)[O-].Cl. The quantitative estimate of drug-likeness (QED) is 0.430. The molecule has 1 heterocycles. The highest BCUT2D eigenvalue weighted by Gasteiger charge is 2.31. The average Bonchev–Trinajstić information content (AvgIpc) is 2.95. The second kappa shape index (κ2) is 9.31. The smallest absolute Gasteiger partial charge is 0.293 e. The van der Waals surface area contributed by atoms with Crippen molar-refractivity contribution in [2.45, 2.75) is 30.7 Å². The average molecular weight is 422 g/mol. The second-order valence-corrected chi connectivity index (χ2v) is 7.95. The normalized spacial score (nSPS) is 19.4. The molecule has 27 heavy (non-hydrogen) atoms. The number of amides is 1. The molecular weight excluding hydrogens is 398 g/mol.